The van der Waals surface area contributed by atoms with Crippen LogP contribution in [-0.2, 0) is 9.59 Å². The predicted octanol–water partition coefficient (Wildman–Crippen LogP) is 3.54. The molecule has 3 fully saturated rings. The summed E-state index contributed by atoms with van der Waals surface area (Å²) in [4.78, 5) is 28.2. The van der Waals surface area contributed by atoms with Crippen molar-refractivity contribution in [3.05, 3.63) is 58.1 Å². The molecular formula is C21H19Cl2N3O3. The van der Waals surface area contributed by atoms with Crippen LogP contribution >= 0.6 is 23.2 Å². The number of rotatable bonds is 3. The Bertz CT molecular complexity index is 977. The van der Waals surface area contributed by atoms with Gasteiger partial charge in [0, 0.05) is 13.1 Å². The van der Waals surface area contributed by atoms with Crippen LogP contribution in [0.3, 0.4) is 0 Å². The minimum atomic E-state index is -0.538. The van der Waals surface area contributed by atoms with Gasteiger partial charge in [0.2, 0.25) is 5.91 Å². The zero-order valence-electron chi connectivity index (χ0n) is 15.7. The molecule has 29 heavy (non-hydrogen) atoms. The number of imide groups is 1. The second-order valence-corrected chi connectivity index (χ2v) is 8.26. The molecule has 0 aromatic heterocycles. The highest BCUT2D eigenvalue weighted by Gasteiger charge is 2.63. The maximum Gasteiger partial charge on any atom is 0.253 e. The fourth-order valence-corrected chi connectivity index (χ4v) is 5.40. The molecule has 0 spiro atoms. The monoisotopic (exact) mass is 431 g/mol. The number of nitrogens with zero attached hydrogens (tertiary/aromatic N) is 3. The molecule has 3 heterocycles. The summed E-state index contributed by atoms with van der Waals surface area (Å²) in [7, 11) is 1.62. The van der Waals surface area contributed by atoms with Gasteiger partial charge in [-0.25, -0.2) is 14.9 Å². The third-order valence-corrected chi connectivity index (χ3v) is 6.63. The molecule has 0 saturated carbocycles. The van der Waals surface area contributed by atoms with Crippen molar-refractivity contribution in [1.82, 2.24) is 10.0 Å². The summed E-state index contributed by atoms with van der Waals surface area (Å²) in [5, 5.41) is 4.79. The number of carbonyl (C=O) groups is 2. The molecular weight excluding hydrogens is 413 g/mol. The van der Waals surface area contributed by atoms with Gasteiger partial charge in [-0.1, -0.05) is 41.4 Å². The summed E-state index contributed by atoms with van der Waals surface area (Å²) < 4.78 is 5.26. The third-order valence-electron chi connectivity index (χ3n) is 6.02. The van der Waals surface area contributed by atoms with Gasteiger partial charge in [0.1, 0.15) is 11.8 Å². The predicted molar refractivity (Wildman–Crippen MR) is 110 cm³/mol. The van der Waals surface area contributed by atoms with Gasteiger partial charge in [0.25, 0.3) is 5.91 Å². The van der Waals surface area contributed by atoms with E-state index in [-0.39, 0.29) is 23.5 Å². The molecule has 2 aromatic carbocycles. The Morgan fingerprint density at radius 2 is 1.52 bits per heavy atom. The molecule has 0 N–H and O–H groups in total. The fourth-order valence-electron chi connectivity index (χ4n) is 4.84. The number of anilines is 1. The van der Waals surface area contributed by atoms with E-state index in [2.05, 4.69) is 5.01 Å². The summed E-state index contributed by atoms with van der Waals surface area (Å²) in [6, 6.07) is 11.9. The zero-order chi connectivity index (χ0) is 20.3. The number of para-hydroxylation sites is 1. The number of hydrazine groups is 1. The van der Waals surface area contributed by atoms with Crippen molar-refractivity contribution >= 4 is 40.7 Å². The van der Waals surface area contributed by atoms with Crippen LogP contribution in [0, 0.1) is 5.92 Å². The number of fused-ring (bicyclic) bond motifs is 3. The molecule has 2 aromatic rings. The van der Waals surface area contributed by atoms with Crippen LogP contribution in [0.5, 0.6) is 5.75 Å². The van der Waals surface area contributed by atoms with Crippen LogP contribution in [0.4, 0.5) is 5.69 Å². The Morgan fingerprint density at radius 1 is 0.897 bits per heavy atom. The van der Waals surface area contributed by atoms with Crippen LogP contribution < -0.4 is 9.64 Å². The van der Waals surface area contributed by atoms with E-state index in [0.29, 0.717) is 10.0 Å². The van der Waals surface area contributed by atoms with Crippen molar-refractivity contribution < 1.29 is 14.3 Å². The van der Waals surface area contributed by atoms with Gasteiger partial charge in [-0.05, 0) is 36.2 Å². The second-order valence-electron chi connectivity index (χ2n) is 7.45. The van der Waals surface area contributed by atoms with E-state index >= 15 is 0 Å². The Labute approximate surface area is 178 Å². The van der Waals surface area contributed by atoms with Crippen LogP contribution in [0.2, 0.25) is 10.0 Å². The highest BCUT2D eigenvalue weighted by atomic mass is 35.5. The number of benzene rings is 2. The molecule has 2 amide bonds. The first kappa shape index (κ1) is 18.9. The summed E-state index contributed by atoms with van der Waals surface area (Å²) in [5.41, 5.74) is 1.26. The first-order chi connectivity index (χ1) is 14.0. The van der Waals surface area contributed by atoms with Gasteiger partial charge in [-0.3, -0.25) is 9.59 Å². The van der Waals surface area contributed by atoms with E-state index in [9.17, 15) is 9.59 Å². The molecule has 3 aliphatic heterocycles. The molecule has 0 bridgehead atoms. The van der Waals surface area contributed by atoms with Crippen LogP contribution in [0.15, 0.2) is 42.5 Å². The van der Waals surface area contributed by atoms with Crippen molar-refractivity contribution in [3.8, 4) is 5.75 Å². The lowest BCUT2D eigenvalue weighted by Crippen LogP contribution is -2.44. The zero-order valence-corrected chi connectivity index (χ0v) is 17.2. The third kappa shape index (κ3) is 2.70. The molecule has 3 atom stereocenters. The van der Waals surface area contributed by atoms with Gasteiger partial charge in [0.05, 0.1) is 34.8 Å². The quantitative estimate of drug-likeness (QED) is 0.695. The maximum absolute atomic E-state index is 13.6. The van der Waals surface area contributed by atoms with Crippen molar-refractivity contribution in [2.24, 2.45) is 5.92 Å². The van der Waals surface area contributed by atoms with E-state index in [4.69, 9.17) is 27.9 Å². The smallest absolute Gasteiger partial charge is 0.253 e. The molecule has 0 radical (unpaired) electrons. The molecule has 3 saturated heterocycles. The van der Waals surface area contributed by atoms with Gasteiger partial charge < -0.3 is 4.74 Å². The molecule has 8 heteroatoms. The van der Waals surface area contributed by atoms with Gasteiger partial charge >= 0.3 is 0 Å². The Morgan fingerprint density at radius 3 is 2.14 bits per heavy atom. The van der Waals surface area contributed by atoms with Crippen molar-refractivity contribution in [1.29, 1.82) is 0 Å². The molecule has 150 valence electrons. The molecule has 6 nitrogen and oxygen atoms in total. The number of halogens is 2. The second kappa shape index (κ2) is 6.99. The summed E-state index contributed by atoms with van der Waals surface area (Å²) in [5.74, 6) is -0.286. The summed E-state index contributed by atoms with van der Waals surface area (Å²) >= 11 is 12.7. The fraction of sp³-hybridized carbons (Fsp3) is 0.333. The average Bonchev–Trinajstić information content (AvgIpc) is 3.36. The number of methoxy groups -OCH3 is 1. The van der Waals surface area contributed by atoms with E-state index in [1.807, 2.05) is 29.3 Å². The van der Waals surface area contributed by atoms with Crippen molar-refractivity contribution in [2.75, 3.05) is 25.1 Å². The maximum atomic E-state index is 13.6. The summed E-state index contributed by atoms with van der Waals surface area (Å²) in [6.07, 6.45) is 0.949. The number of amides is 2. The highest BCUT2D eigenvalue weighted by Crippen LogP contribution is 2.50. The van der Waals surface area contributed by atoms with Crippen LogP contribution in [-0.4, -0.2) is 48.1 Å². The molecule has 0 aliphatic carbocycles. The number of ether oxygens (including phenoxy) is 1. The lowest BCUT2D eigenvalue weighted by Gasteiger charge is -2.30. The Hall–Kier alpha value is -2.12. The SMILES string of the molecule is COc1ccc([C@H]2[C@@H]3C(=O)N(c4c(Cl)cccc4Cl)C(=O)[C@H]3N3CCCN23)cc1. The van der Waals surface area contributed by atoms with Crippen molar-refractivity contribution in [3.63, 3.8) is 0 Å². The van der Waals surface area contributed by atoms with E-state index in [1.54, 1.807) is 25.3 Å². The Balaban J connectivity index is 1.59. The topological polar surface area (TPSA) is 53.1 Å². The summed E-state index contributed by atoms with van der Waals surface area (Å²) in [6.45, 7) is 1.56. The number of hydrogen-bond donors (Lipinski definition) is 0. The molecule has 3 aliphatic rings. The van der Waals surface area contributed by atoms with Gasteiger partial charge in [-0.2, -0.15) is 0 Å². The normalized spacial score (nSPS) is 26.9. The average molecular weight is 432 g/mol. The van der Waals surface area contributed by atoms with E-state index in [0.717, 1.165) is 30.8 Å². The van der Waals surface area contributed by atoms with Crippen molar-refractivity contribution in [2.45, 2.75) is 18.5 Å². The first-order valence-corrected chi connectivity index (χ1v) is 10.3. The van der Waals surface area contributed by atoms with Crippen LogP contribution in [0.25, 0.3) is 0 Å². The largest absolute Gasteiger partial charge is 0.497 e. The van der Waals surface area contributed by atoms with E-state index in [1.165, 1.54) is 4.90 Å². The molecule has 5 rings (SSSR count). The first-order valence-electron chi connectivity index (χ1n) is 9.52. The van der Waals surface area contributed by atoms with E-state index < -0.39 is 12.0 Å². The lowest BCUT2D eigenvalue weighted by atomic mass is 9.90. The minimum Gasteiger partial charge on any atom is -0.497 e. The lowest BCUT2D eigenvalue weighted by molar-refractivity contribution is -0.126. The number of carbonyl (C=O) groups excluding carboxylic acids is 2. The Kier molecular flexibility index (Phi) is 4.55. The van der Waals surface area contributed by atoms with Crippen LogP contribution in [0.1, 0.15) is 18.0 Å². The van der Waals surface area contributed by atoms with Gasteiger partial charge in [0.15, 0.2) is 0 Å². The number of hydrogen-bond acceptors (Lipinski definition) is 5. The standard InChI is InChI=1S/C21H19Cl2N3O3/c1-29-13-8-6-12(7-9-13)17-16-19(25-11-3-10-24(17)25)21(28)26(20(16)27)18-14(22)4-2-5-15(18)23/h2,4-9,16-17,19H,3,10-11H2,1H3/t16-,17-,19-/m0/s1. The van der Waals surface area contributed by atoms with Gasteiger partial charge in [-0.15, -0.1) is 0 Å². The molecule has 0 unspecified atom stereocenters. The highest BCUT2D eigenvalue weighted by molar-refractivity contribution is 6.42. The minimum absolute atomic E-state index is 0.212.